The molecule has 0 saturated heterocycles. The van der Waals surface area contributed by atoms with Gasteiger partial charge in [-0.1, -0.05) is 13.8 Å². The lowest BCUT2D eigenvalue weighted by atomic mass is 9.48. The number of carbonyl (C=O) groups excluding carboxylic acids is 1. The van der Waals surface area contributed by atoms with Crippen molar-refractivity contribution in [3.8, 4) is 0 Å². The minimum atomic E-state index is -0.00714. The lowest BCUT2D eigenvalue weighted by Gasteiger charge is -2.59. The Labute approximate surface area is 203 Å². The summed E-state index contributed by atoms with van der Waals surface area (Å²) < 4.78 is 4.43. The van der Waals surface area contributed by atoms with Gasteiger partial charge in [-0.3, -0.25) is 18.6 Å². The van der Waals surface area contributed by atoms with E-state index in [1.165, 1.54) is 49.9 Å². The van der Waals surface area contributed by atoms with E-state index < -0.39 is 0 Å². The number of thiophene rings is 1. The summed E-state index contributed by atoms with van der Waals surface area (Å²) in [7, 11) is 0. The van der Waals surface area contributed by atoms with Gasteiger partial charge in [-0.05, 0) is 86.0 Å². The molecule has 3 aromatic heterocycles. The summed E-state index contributed by atoms with van der Waals surface area (Å²) in [5.41, 5.74) is 1.14. The highest BCUT2D eigenvalue weighted by atomic mass is 32.1. The van der Waals surface area contributed by atoms with E-state index in [0.717, 1.165) is 29.1 Å². The molecule has 7 nitrogen and oxygen atoms in total. The summed E-state index contributed by atoms with van der Waals surface area (Å²) in [6, 6.07) is 2.18. The predicted molar refractivity (Wildman–Crippen MR) is 134 cm³/mol. The van der Waals surface area contributed by atoms with Gasteiger partial charge in [-0.15, -0.1) is 21.5 Å². The molecule has 34 heavy (non-hydrogen) atoms. The van der Waals surface area contributed by atoms with E-state index in [4.69, 9.17) is 0 Å². The lowest BCUT2D eigenvalue weighted by molar-refractivity contribution is -0.125. The molecule has 182 valence electrons. The number of nitrogens with zero attached hydrogens (tertiary/aromatic N) is 4. The van der Waals surface area contributed by atoms with Crippen LogP contribution < -0.4 is 10.9 Å². The van der Waals surface area contributed by atoms with Crippen molar-refractivity contribution in [2.75, 3.05) is 0 Å². The fraction of sp³-hybridized carbons (Fsp3) is 0.692. The molecule has 0 spiro atoms. The molecular formula is C26H35N5O2S. The average molecular weight is 482 g/mol. The summed E-state index contributed by atoms with van der Waals surface area (Å²) in [5, 5.41) is 14.1. The van der Waals surface area contributed by atoms with E-state index in [2.05, 4.69) is 36.3 Å². The zero-order valence-corrected chi connectivity index (χ0v) is 21.2. The molecule has 4 saturated carbocycles. The zero-order chi connectivity index (χ0) is 23.6. The van der Waals surface area contributed by atoms with Crippen LogP contribution in [-0.4, -0.2) is 31.1 Å². The van der Waals surface area contributed by atoms with Crippen LogP contribution in [0.5, 0.6) is 0 Å². The third kappa shape index (κ3) is 3.60. The number of nitrogens with one attached hydrogen (secondary N) is 1. The molecule has 3 heterocycles. The third-order valence-corrected chi connectivity index (χ3v) is 9.68. The van der Waals surface area contributed by atoms with Gasteiger partial charge in [0.05, 0.1) is 5.52 Å². The van der Waals surface area contributed by atoms with Crippen LogP contribution in [0.15, 0.2) is 16.2 Å². The summed E-state index contributed by atoms with van der Waals surface area (Å²) in [4.78, 5) is 26.1. The summed E-state index contributed by atoms with van der Waals surface area (Å²) in [6.07, 6.45) is 9.00. The van der Waals surface area contributed by atoms with Crippen LogP contribution in [0.3, 0.4) is 0 Å². The number of aryl methyl sites for hydroxylation is 1. The van der Waals surface area contributed by atoms with Crippen molar-refractivity contribution >= 4 is 33.2 Å². The number of hydrogen-bond donors (Lipinski definition) is 1. The second-order valence-electron chi connectivity index (χ2n) is 11.8. The van der Waals surface area contributed by atoms with Gasteiger partial charge in [0.2, 0.25) is 11.7 Å². The minimum Gasteiger partial charge on any atom is -0.353 e. The van der Waals surface area contributed by atoms with Crippen molar-refractivity contribution in [3.05, 3.63) is 27.6 Å². The number of hydrogen-bond acceptors (Lipinski definition) is 5. The van der Waals surface area contributed by atoms with E-state index >= 15 is 0 Å². The SMILES string of the molecule is CC(C)Cn1c(=O)c2sccc2n2c(CCC(=O)NC(C)C34CC5CC(CC(C5)C3)C4)nnc12. The zero-order valence-electron chi connectivity index (χ0n) is 20.4. The van der Waals surface area contributed by atoms with Gasteiger partial charge in [0.1, 0.15) is 10.5 Å². The predicted octanol–water partition coefficient (Wildman–Crippen LogP) is 4.42. The van der Waals surface area contributed by atoms with E-state index in [1.807, 2.05) is 15.8 Å². The van der Waals surface area contributed by atoms with Crippen LogP contribution in [0.25, 0.3) is 16.0 Å². The number of carbonyl (C=O) groups is 1. The Kier molecular flexibility index (Phi) is 5.35. The number of amides is 1. The average Bonchev–Trinajstić information content (AvgIpc) is 3.41. The van der Waals surface area contributed by atoms with Gasteiger partial charge in [0.15, 0.2) is 0 Å². The Balaban J connectivity index is 1.20. The number of rotatable bonds is 7. The van der Waals surface area contributed by atoms with Gasteiger partial charge >= 0.3 is 0 Å². The van der Waals surface area contributed by atoms with Crippen molar-refractivity contribution in [2.24, 2.45) is 29.1 Å². The molecule has 1 amide bonds. The number of aromatic nitrogens is 4. The second-order valence-corrected chi connectivity index (χ2v) is 12.7. The van der Waals surface area contributed by atoms with Crippen molar-refractivity contribution in [2.45, 2.75) is 84.7 Å². The maximum absolute atomic E-state index is 13.0. The molecule has 0 radical (unpaired) electrons. The van der Waals surface area contributed by atoms with Gasteiger partial charge < -0.3 is 5.32 Å². The molecule has 7 rings (SSSR count). The summed E-state index contributed by atoms with van der Waals surface area (Å²) in [6.45, 7) is 7.01. The third-order valence-electron chi connectivity index (χ3n) is 8.78. The standard InChI is InChI=1S/C26H35N5O2S/c1-15(2)14-30-24(33)23-20(6-7-34-23)31-21(28-29-25(30)31)4-5-22(32)27-16(3)26-11-17-8-18(12-26)10-19(9-17)13-26/h6-7,15-19H,4-5,8-14H2,1-3H3,(H,27,32). The highest BCUT2D eigenvalue weighted by molar-refractivity contribution is 7.17. The van der Waals surface area contributed by atoms with Gasteiger partial charge in [0, 0.05) is 25.4 Å². The largest absolute Gasteiger partial charge is 0.353 e. The normalized spacial score (nSPS) is 28.9. The van der Waals surface area contributed by atoms with E-state index in [-0.39, 0.29) is 17.5 Å². The van der Waals surface area contributed by atoms with E-state index in [9.17, 15) is 9.59 Å². The molecule has 8 heteroatoms. The fourth-order valence-electron chi connectivity index (χ4n) is 7.67. The van der Waals surface area contributed by atoms with Crippen molar-refractivity contribution in [1.29, 1.82) is 0 Å². The lowest BCUT2D eigenvalue weighted by Crippen LogP contribution is -2.55. The van der Waals surface area contributed by atoms with Crippen LogP contribution >= 0.6 is 11.3 Å². The first kappa shape index (κ1) is 22.3. The monoisotopic (exact) mass is 481 g/mol. The van der Waals surface area contributed by atoms with Crippen LogP contribution in [0.4, 0.5) is 0 Å². The van der Waals surface area contributed by atoms with Crippen LogP contribution in [0.2, 0.25) is 0 Å². The second kappa shape index (κ2) is 8.18. The fourth-order valence-corrected chi connectivity index (χ4v) is 8.50. The smallest absolute Gasteiger partial charge is 0.272 e. The van der Waals surface area contributed by atoms with Crippen LogP contribution in [0.1, 0.15) is 71.5 Å². The maximum atomic E-state index is 13.0. The topological polar surface area (TPSA) is 81.3 Å². The molecule has 1 atom stereocenters. The van der Waals surface area contributed by atoms with E-state index in [1.54, 1.807) is 4.57 Å². The molecule has 4 fully saturated rings. The van der Waals surface area contributed by atoms with Gasteiger partial charge in [-0.2, -0.15) is 0 Å². The Morgan fingerprint density at radius 1 is 1.15 bits per heavy atom. The maximum Gasteiger partial charge on any atom is 0.272 e. The van der Waals surface area contributed by atoms with E-state index in [0.29, 0.717) is 41.2 Å². The number of fused-ring (bicyclic) bond motifs is 3. The van der Waals surface area contributed by atoms with Crippen LogP contribution in [0, 0.1) is 29.1 Å². The molecule has 4 bridgehead atoms. The molecular weight excluding hydrogens is 446 g/mol. The Bertz CT molecular complexity index is 1270. The van der Waals surface area contributed by atoms with Crippen molar-refractivity contribution in [3.63, 3.8) is 0 Å². The molecule has 1 N–H and O–H groups in total. The molecule has 0 aliphatic heterocycles. The van der Waals surface area contributed by atoms with Gasteiger partial charge in [-0.25, -0.2) is 0 Å². The molecule has 4 aliphatic carbocycles. The summed E-state index contributed by atoms with van der Waals surface area (Å²) >= 11 is 1.45. The Hall–Kier alpha value is -2.22. The quantitative estimate of drug-likeness (QED) is 0.542. The highest BCUT2D eigenvalue weighted by Crippen LogP contribution is 2.61. The highest BCUT2D eigenvalue weighted by Gasteiger charge is 2.53. The molecule has 1 unspecified atom stereocenters. The van der Waals surface area contributed by atoms with Crippen molar-refractivity contribution in [1.82, 2.24) is 24.5 Å². The van der Waals surface area contributed by atoms with Crippen molar-refractivity contribution < 1.29 is 4.79 Å². The molecule has 3 aromatic rings. The first-order valence-corrected chi connectivity index (χ1v) is 13.8. The van der Waals surface area contributed by atoms with Gasteiger partial charge in [0.25, 0.3) is 5.56 Å². The Morgan fingerprint density at radius 3 is 2.47 bits per heavy atom. The first-order valence-electron chi connectivity index (χ1n) is 13.0. The minimum absolute atomic E-state index is 0.00714. The summed E-state index contributed by atoms with van der Waals surface area (Å²) in [5.74, 6) is 4.36. The molecule has 0 aromatic carbocycles. The Morgan fingerprint density at radius 2 is 1.82 bits per heavy atom. The van der Waals surface area contributed by atoms with Crippen LogP contribution in [-0.2, 0) is 17.8 Å². The molecule has 4 aliphatic rings. The first-order chi connectivity index (χ1) is 16.3.